The Hall–Kier alpha value is -1.09. The van der Waals surface area contributed by atoms with E-state index in [9.17, 15) is 4.79 Å². The van der Waals surface area contributed by atoms with Crippen molar-refractivity contribution in [3.8, 4) is 0 Å². The number of carboxylic acid groups (broad SMARTS) is 1. The van der Waals surface area contributed by atoms with Crippen LogP contribution in [0.3, 0.4) is 0 Å². The van der Waals surface area contributed by atoms with Crippen LogP contribution in [-0.2, 0) is 4.79 Å². The van der Waals surface area contributed by atoms with Crippen molar-refractivity contribution in [2.24, 2.45) is 0 Å². The third kappa shape index (κ3) is 16.0. The summed E-state index contributed by atoms with van der Waals surface area (Å²) >= 11 is 0. The Morgan fingerprint density at radius 2 is 1.67 bits per heavy atom. The van der Waals surface area contributed by atoms with Crippen molar-refractivity contribution in [1.82, 2.24) is 0 Å². The fourth-order valence-electron chi connectivity index (χ4n) is 0. The molecule has 0 heterocycles. The number of carbonyl (C=O) groups is 1. The highest BCUT2D eigenvalue weighted by atomic mass is 16.4. The Labute approximate surface area is 73.0 Å². The van der Waals surface area contributed by atoms with Crippen molar-refractivity contribution in [2.75, 3.05) is 0 Å². The van der Waals surface area contributed by atoms with Crippen molar-refractivity contribution in [2.45, 2.75) is 26.4 Å². The molecule has 0 rings (SSSR count). The van der Waals surface area contributed by atoms with Crippen molar-refractivity contribution >= 4 is 5.97 Å². The summed E-state index contributed by atoms with van der Waals surface area (Å²) in [4.78, 5) is 9.60. The maximum absolute atomic E-state index is 9.60. The molecule has 0 aromatic rings. The van der Waals surface area contributed by atoms with Crippen molar-refractivity contribution in [3.63, 3.8) is 0 Å². The highest BCUT2D eigenvalue weighted by Crippen LogP contribution is 1.98. The van der Waals surface area contributed by atoms with E-state index in [0.717, 1.165) is 0 Å². The molecule has 0 aliphatic heterocycles. The Kier molecular flexibility index (Phi) is 6.24. The fraction of sp³-hybridized carbons (Fsp3) is 0.444. The Bertz CT molecular complexity index is 163. The Morgan fingerprint density at radius 1 is 1.50 bits per heavy atom. The van der Waals surface area contributed by atoms with Crippen LogP contribution in [0.25, 0.3) is 0 Å². The van der Waals surface area contributed by atoms with E-state index in [1.165, 1.54) is 13.0 Å². The van der Waals surface area contributed by atoms with Gasteiger partial charge in [0.2, 0.25) is 0 Å². The molecule has 0 radical (unpaired) electrons. The second-order valence-electron chi connectivity index (χ2n) is 2.94. The van der Waals surface area contributed by atoms with Gasteiger partial charge in [-0.1, -0.05) is 12.7 Å². The average Bonchev–Trinajstić information content (AvgIpc) is 1.87. The predicted octanol–water partition coefficient (Wildman–Crippen LogP) is 1.59. The molecule has 12 heavy (non-hydrogen) atoms. The van der Waals surface area contributed by atoms with E-state index in [-0.39, 0.29) is 5.57 Å². The smallest absolute Gasteiger partial charge is 0.330 e. The van der Waals surface area contributed by atoms with Gasteiger partial charge in [0.05, 0.1) is 5.60 Å². The van der Waals surface area contributed by atoms with Crippen LogP contribution in [0.1, 0.15) is 20.8 Å². The summed E-state index contributed by atoms with van der Waals surface area (Å²) in [7, 11) is 0. The van der Waals surface area contributed by atoms with E-state index in [1.807, 2.05) is 0 Å². The molecule has 0 bridgehead atoms. The van der Waals surface area contributed by atoms with Crippen LogP contribution in [-0.4, -0.2) is 21.8 Å². The van der Waals surface area contributed by atoms with Gasteiger partial charge in [-0.25, -0.2) is 4.79 Å². The predicted molar refractivity (Wildman–Crippen MR) is 48.9 cm³/mol. The van der Waals surface area contributed by atoms with Gasteiger partial charge in [-0.15, -0.1) is 6.58 Å². The lowest BCUT2D eigenvalue weighted by Crippen LogP contribution is -2.12. The van der Waals surface area contributed by atoms with E-state index >= 15 is 0 Å². The van der Waals surface area contributed by atoms with Gasteiger partial charge >= 0.3 is 5.97 Å². The van der Waals surface area contributed by atoms with Crippen LogP contribution in [0.4, 0.5) is 0 Å². The molecule has 0 atom stereocenters. The first-order valence-corrected chi connectivity index (χ1v) is 3.45. The van der Waals surface area contributed by atoms with Gasteiger partial charge in [0.1, 0.15) is 0 Å². The third-order valence-electron chi connectivity index (χ3n) is 0.865. The molecule has 0 amide bonds. The first kappa shape index (κ1) is 13.5. The van der Waals surface area contributed by atoms with Crippen molar-refractivity contribution in [1.29, 1.82) is 0 Å². The zero-order valence-electron chi connectivity index (χ0n) is 7.79. The largest absolute Gasteiger partial charge is 0.478 e. The van der Waals surface area contributed by atoms with Gasteiger partial charge in [0.25, 0.3) is 0 Å². The number of aliphatic carboxylic acids is 1. The highest BCUT2D eigenvalue weighted by Gasteiger charge is 2.02. The molecule has 0 spiro atoms. The molecular weight excluding hydrogens is 156 g/mol. The summed E-state index contributed by atoms with van der Waals surface area (Å²) in [6.45, 7) is 11.3. The maximum Gasteiger partial charge on any atom is 0.330 e. The molecule has 0 aromatic carbocycles. The molecule has 0 saturated carbocycles. The number of rotatable bonds is 2. The van der Waals surface area contributed by atoms with E-state index in [2.05, 4.69) is 13.2 Å². The number of carboxylic acids is 1. The summed E-state index contributed by atoms with van der Waals surface area (Å²) in [6.07, 6.45) is 1.49. The van der Waals surface area contributed by atoms with Gasteiger partial charge in [-0.2, -0.15) is 0 Å². The molecule has 0 fully saturated rings. The van der Waals surface area contributed by atoms with E-state index < -0.39 is 11.6 Å². The van der Waals surface area contributed by atoms with Gasteiger partial charge in [-0.3, -0.25) is 0 Å². The summed E-state index contributed by atoms with van der Waals surface area (Å²) in [5.74, 6) is -0.935. The minimum absolute atomic E-state index is 0.176. The lowest BCUT2D eigenvalue weighted by atomic mass is 10.1. The van der Waals surface area contributed by atoms with Gasteiger partial charge in [0, 0.05) is 5.57 Å². The van der Waals surface area contributed by atoms with Gasteiger partial charge < -0.3 is 10.2 Å². The summed E-state index contributed by atoms with van der Waals surface area (Å²) in [5.41, 5.74) is -0.519. The minimum Gasteiger partial charge on any atom is -0.478 e. The van der Waals surface area contributed by atoms with Gasteiger partial charge in [-0.05, 0) is 20.8 Å². The lowest BCUT2D eigenvalue weighted by molar-refractivity contribution is -0.132. The molecule has 0 saturated heterocycles. The molecule has 3 nitrogen and oxygen atoms in total. The fourth-order valence-corrected chi connectivity index (χ4v) is 0. The molecule has 0 aliphatic carbocycles. The highest BCUT2D eigenvalue weighted by molar-refractivity contribution is 5.84. The molecular formula is C9H16O3. The molecule has 2 N–H and O–H groups in total. The third-order valence-corrected chi connectivity index (χ3v) is 0.865. The second kappa shape index (κ2) is 5.55. The molecule has 0 unspecified atom stereocenters. The average molecular weight is 172 g/mol. The zero-order valence-corrected chi connectivity index (χ0v) is 7.79. The summed E-state index contributed by atoms with van der Waals surface area (Å²) in [6, 6.07) is 0. The number of hydrogen-bond donors (Lipinski definition) is 2. The standard InChI is InChI=1S/C5H10O.C4H6O2/c1-4-5(2,3)6;1-3(2)4(5)6/h4,6H,1H2,2-3H3;1H2,2H3,(H,5,6). The topological polar surface area (TPSA) is 57.5 Å². The minimum atomic E-state index is -0.935. The van der Waals surface area contributed by atoms with Crippen LogP contribution in [0.15, 0.2) is 24.8 Å². The normalized spacial score (nSPS) is 9.33. The van der Waals surface area contributed by atoms with E-state index in [1.54, 1.807) is 13.8 Å². The first-order valence-electron chi connectivity index (χ1n) is 3.45. The molecule has 70 valence electrons. The maximum atomic E-state index is 9.60. The SMILES string of the molecule is C=C(C)C(=O)O.C=CC(C)(C)O. The Balaban J connectivity index is 0. The first-order chi connectivity index (χ1) is 5.20. The summed E-state index contributed by atoms with van der Waals surface area (Å²) < 4.78 is 0. The lowest BCUT2D eigenvalue weighted by Gasteiger charge is -2.07. The Morgan fingerprint density at radius 3 is 1.67 bits per heavy atom. The van der Waals surface area contributed by atoms with Crippen LogP contribution in [0, 0.1) is 0 Å². The van der Waals surface area contributed by atoms with E-state index in [0.29, 0.717) is 0 Å². The quantitative estimate of drug-likeness (QED) is 0.491. The zero-order chi connectivity index (χ0) is 10.4. The molecule has 0 aromatic heterocycles. The van der Waals surface area contributed by atoms with E-state index in [4.69, 9.17) is 10.2 Å². The van der Waals surface area contributed by atoms with Crippen LogP contribution in [0.5, 0.6) is 0 Å². The van der Waals surface area contributed by atoms with Crippen LogP contribution < -0.4 is 0 Å². The summed E-state index contributed by atoms with van der Waals surface area (Å²) in [5, 5.41) is 16.6. The molecule has 0 aliphatic rings. The van der Waals surface area contributed by atoms with Crippen molar-refractivity contribution < 1.29 is 15.0 Å². The molecule has 3 heteroatoms. The monoisotopic (exact) mass is 172 g/mol. The number of aliphatic hydroxyl groups is 1. The van der Waals surface area contributed by atoms with Crippen LogP contribution >= 0.6 is 0 Å². The number of hydrogen-bond acceptors (Lipinski definition) is 2. The van der Waals surface area contributed by atoms with Crippen molar-refractivity contribution in [3.05, 3.63) is 24.8 Å². The second-order valence-corrected chi connectivity index (χ2v) is 2.94. The van der Waals surface area contributed by atoms with Gasteiger partial charge in [0.15, 0.2) is 0 Å². The van der Waals surface area contributed by atoms with Crippen LogP contribution in [0.2, 0.25) is 0 Å².